The normalized spacial score (nSPS) is 10.2. The Balaban J connectivity index is 1.65. The molecule has 0 spiro atoms. The molecule has 0 aliphatic rings. The second kappa shape index (κ2) is 6.58. The number of amides is 2. The minimum atomic E-state index is -0.257. The number of halogens is 1. The topological polar surface area (TPSA) is 54.3 Å². The van der Waals surface area contributed by atoms with Gasteiger partial charge >= 0.3 is 6.03 Å². The van der Waals surface area contributed by atoms with Crippen molar-refractivity contribution in [2.45, 2.75) is 13.0 Å². The average molecular weight is 262 g/mol. The molecule has 4 nitrogen and oxygen atoms in total. The summed E-state index contributed by atoms with van der Waals surface area (Å²) in [5.74, 6) is 0.446. The van der Waals surface area contributed by atoms with Crippen LogP contribution in [0.25, 0.3) is 0 Å². The summed E-state index contributed by atoms with van der Waals surface area (Å²) >= 11 is 0. The van der Waals surface area contributed by atoms with Crippen molar-refractivity contribution in [2.75, 3.05) is 6.54 Å². The highest BCUT2D eigenvalue weighted by atomic mass is 19.1. The van der Waals surface area contributed by atoms with E-state index in [2.05, 4.69) is 10.6 Å². The van der Waals surface area contributed by atoms with E-state index in [9.17, 15) is 9.18 Å². The fraction of sp³-hybridized carbons (Fsp3) is 0.214. The summed E-state index contributed by atoms with van der Waals surface area (Å²) < 4.78 is 17.8. The van der Waals surface area contributed by atoms with Gasteiger partial charge in [-0.05, 0) is 36.2 Å². The van der Waals surface area contributed by atoms with Crippen LogP contribution in [0, 0.1) is 5.82 Å². The van der Waals surface area contributed by atoms with Crippen molar-refractivity contribution in [2.24, 2.45) is 0 Å². The maximum absolute atomic E-state index is 12.7. The average Bonchev–Trinajstić information content (AvgIpc) is 2.92. The number of benzene rings is 1. The van der Waals surface area contributed by atoms with Crippen LogP contribution in [-0.4, -0.2) is 12.6 Å². The standard InChI is InChI=1S/C14H15FN2O2/c15-12-5-3-11(4-6-12)7-8-16-14(18)17-10-13-2-1-9-19-13/h1-6,9H,7-8,10H2,(H2,16,17,18). The maximum atomic E-state index is 12.7. The highest BCUT2D eigenvalue weighted by molar-refractivity contribution is 5.73. The second-order valence-corrected chi connectivity index (χ2v) is 4.07. The molecule has 0 saturated carbocycles. The van der Waals surface area contributed by atoms with Gasteiger partial charge in [-0.2, -0.15) is 0 Å². The lowest BCUT2D eigenvalue weighted by Gasteiger charge is -2.06. The van der Waals surface area contributed by atoms with Crippen molar-refractivity contribution >= 4 is 6.03 Å². The van der Waals surface area contributed by atoms with Crippen molar-refractivity contribution in [3.8, 4) is 0 Å². The van der Waals surface area contributed by atoms with Gasteiger partial charge < -0.3 is 15.1 Å². The Morgan fingerprint density at radius 2 is 1.95 bits per heavy atom. The molecule has 1 aromatic heterocycles. The van der Waals surface area contributed by atoms with Crippen LogP contribution < -0.4 is 10.6 Å². The molecule has 0 radical (unpaired) electrons. The first-order valence-corrected chi connectivity index (χ1v) is 6.02. The number of carbonyl (C=O) groups is 1. The zero-order chi connectivity index (χ0) is 13.5. The summed E-state index contributed by atoms with van der Waals surface area (Å²) in [6.07, 6.45) is 2.22. The highest BCUT2D eigenvalue weighted by Gasteiger charge is 2.01. The van der Waals surface area contributed by atoms with Gasteiger partial charge in [-0.3, -0.25) is 0 Å². The Bertz CT molecular complexity index is 509. The molecule has 2 N–H and O–H groups in total. The molecule has 1 heterocycles. The Morgan fingerprint density at radius 1 is 1.16 bits per heavy atom. The number of urea groups is 1. The van der Waals surface area contributed by atoms with E-state index in [1.165, 1.54) is 12.1 Å². The number of hydrogen-bond acceptors (Lipinski definition) is 2. The highest BCUT2D eigenvalue weighted by Crippen LogP contribution is 2.02. The Morgan fingerprint density at radius 3 is 2.63 bits per heavy atom. The Kier molecular flexibility index (Phi) is 4.55. The molecule has 1 aromatic carbocycles. The number of rotatable bonds is 5. The molecule has 0 unspecified atom stereocenters. The molecule has 2 rings (SSSR count). The predicted molar refractivity (Wildman–Crippen MR) is 69.1 cm³/mol. The number of nitrogens with one attached hydrogen (secondary N) is 2. The smallest absolute Gasteiger partial charge is 0.315 e. The van der Waals surface area contributed by atoms with E-state index in [-0.39, 0.29) is 11.8 Å². The first kappa shape index (κ1) is 13.1. The third-order valence-corrected chi connectivity index (χ3v) is 2.62. The van der Waals surface area contributed by atoms with Crippen LogP contribution in [0.1, 0.15) is 11.3 Å². The zero-order valence-electron chi connectivity index (χ0n) is 10.4. The molecule has 0 atom stereocenters. The monoisotopic (exact) mass is 262 g/mol. The molecule has 0 bridgehead atoms. The lowest BCUT2D eigenvalue weighted by atomic mass is 10.1. The molecular formula is C14H15FN2O2. The van der Waals surface area contributed by atoms with Crippen LogP contribution in [-0.2, 0) is 13.0 Å². The van der Waals surface area contributed by atoms with Crippen LogP contribution in [0.3, 0.4) is 0 Å². The van der Waals surface area contributed by atoms with E-state index in [1.54, 1.807) is 30.5 Å². The molecule has 0 aliphatic carbocycles. The molecule has 0 saturated heterocycles. The largest absolute Gasteiger partial charge is 0.467 e. The van der Waals surface area contributed by atoms with Crippen LogP contribution >= 0.6 is 0 Å². The van der Waals surface area contributed by atoms with Crippen LogP contribution in [0.15, 0.2) is 47.1 Å². The second-order valence-electron chi connectivity index (χ2n) is 4.07. The summed E-state index contributed by atoms with van der Waals surface area (Å²) in [5.41, 5.74) is 0.979. The Labute approximate surface area is 110 Å². The molecule has 19 heavy (non-hydrogen) atoms. The van der Waals surface area contributed by atoms with E-state index < -0.39 is 0 Å². The van der Waals surface area contributed by atoms with E-state index in [4.69, 9.17) is 4.42 Å². The fourth-order valence-electron chi connectivity index (χ4n) is 1.61. The predicted octanol–water partition coefficient (Wildman–Crippen LogP) is 2.46. The fourth-order valence-corrected chi connectivity index (χ4v) is 1.61. The van der Waals surface area contributed by atoms with Crippen molar-refractivity contribution < 1.29 is 13.6 Å². The van der Waals surface area contributed by atoms with Gasteiger partial charge in [0, 0.05) is 6.54 Å². The first-order valence-electron chi connectivity index (χ1n) is 6.02. The summed E-state index contributed by atoms with van der Waals surface area (Å²) in [4.78, 5) is 11.5. The summed E-state index contributed by atoms with van der Waals surface area (Å²) in [5, 5.41) is 5.40. The van der Waals surface area contributed by atoms with Crippen molar-refractivity contribution in [3.63, 3.8) is 0 Å². The first-order chi connectivity index (χ1) is 9.24. The van der Waals surface area contributed by atoms with Gasteiger partial charge in [-0.15, -0.1) is 0 Å². The van der Waals surface area contributed by atoms with E-state index in [0.29, 0.717) is 25.3 Å². The van der Waals surface area contributed by atoms with Crippen molar-refractivity contribution in [1.29, 1.82) is 0 Å². The van der Waals surface area contributed by atoms with E-state index in [1.807, 2.05) is 0 Å². The molecule has 0 fully saturated rings. The van der Waals surface area contributed by atoms with Gasteiger partial charge in [-0.1, -0.05) is 12.1 Å². The molecule has 100 valence electrons. The van der Waals surface area contributed by atoms with Crippen LogP contribution in [0.5, 0.6) is 0 Å². The van der Waals surface area contributed by atoms with Crippen molar-refractivity contribution in [3.05, 3.63) is 59.8 Å². The minimum Gasteiger partial charge on any atom is -0.467 e. The summed E-state index contributed by atoms with van der Waals surface area (Å²) in [7, 11) is 0. The lowest BCUT2D eigenvalue weighted by molar-refractivity contribution is 0.239. The van der Waals surface area contributed by atoms with Crippen molar-refractivity contribution in [1.82, 2.24) is 10.6 Å². The van der Waals surface area contributed by atoms with Gasteiger partial charge in [0.1, 0.15) is 11.6 Å². The number of carbonyl (C=O) groups excluding carboxylic acids is 1. The van der Waals surface area contributed by atoms with Gasteiger partial charge in [-0.25, -0.2) is 9.18 Å². The quantitative estimate of drug-likeness (QED) is 0.869. The SMILES string of the molecule is O=C(NCCc1ccc(F)cc1)NCc1ccco1. The van der Waals surface area contributed by atoms with Gasteiger partial charge in [0.25, 0.3) is 0 Å². The minimum absolute atomic E-state index is 0.251. The van der Waals surface area contributed by atoms with Crippen LogP contribution in [0.2, 0.25) is 0 Å². The van der Waals surface area contributed by atoms with E-state index >= 15 is 0 Å². The van der Waals surface area contributed by atoms with Gasteiger partial charge in [0.15, 0.2) is 0 Å². The van der Waals surface area contributed by atoms with Crippen LogP contribution in [0.4, 0.5) is 9.18 Å². The Hall–Kier alpha value is -2.30. The number of hydrogen-bond donors (Lipinski definition) is 2. The third kappa shape index (κ3) is 4.46. The summed E-state index contributed by atoms with van der Waals surface area (Å²) in [6, 6.07) is 9.54. The maximum Gasteiger partial charge on any atom is 0.315 e. The number of furan rings is 1. The lowest BCUT2D eigenvalue weighted by Crippen LogP contribution is -2.36. The summed E-state index contributed by atoms with van der Waals surface area (Å²) in [6.45, 7) is 0.852. The molecule has 5 heteroatoms. The zero-order valence-corrected chi connectivity index (χ0v) is 10.4. The third-order valence-electron chi connectivity index (χ3n) is 2.62. The van der Waals surface area contributed by atoms with E-state index in [0.717, 1.165) is 5.56 Å². The van der Waals surface area contributed by atoms with Gasteiger partial charge in [0.05, 0.1) is 12.8 Å². The molecule has 2 amide bonds. The molecule has 2 aromatic rings. The molecule has 0 aliphatic heterocycles. The van der Waals surface area contributed by atoms with Gasteiger partial charge in [0.2, 0.25) is 0 Å². The molecular weight excluding hydrogens is 247 g/mol.